The maximum atomic E-state index is 9.60. The summed E-state index contributed by atoms with van der Waals surface area (Å²) in [5, 5.41) is 10.2. The molecular formula is C13H17NO3. The van der Waals surface area contributed by atoms with Crippen LogP contribution in [0.4, 0.5) is 0 Å². The van der Waals surface area contributed by atoms with E-state index in [1.54, 1.807) is 12.1 Å². The van der Waals surface area contributed by atoms with Crippen molar-refractivity contribution in [3.05, 3.63) is 30.5 Å². The van der Waals surface area contributed by atoms with Gasteiger partial charge in [0.05, 0.1) is 0 Å². The number of nitrogens with one attached hydrogen (secondary N) is 1. The van der Waals surface area contributed by atoms with Crippen LogP contribution in [0.5, 0.6) is 5.75 Å². The van der Waals surface area contributed by atoms with Crippen LogP contribution in [-0.4, -0.2) is 22.2 Å². The molecule has 2 N–H and O–H groups in total. The Labute approximate surface area is 100 Å². The molecule has 0 fully saturated rings. The molecule has 0 bridgehead atoms. The molecule has 17 heavy (non-hydrogen) atoms. The molecule has 0 aliphatic heterocycles. The summed E-state index contributed by atoms with van der Waals surface area (Å²) in [6, 6.07) is 7.22. The third-order valence-electron chi connectivity index (χ3n) is 1.94. The molecule has 1 aromatic heterocycles. The number of phenolic OH excluding ortho intramolecular Hbond substituents is 1. The second-order valence-corrected chi connectivity index (χ2v) is 4.58. The number of hydrogen-bond acceptors (Lipinski definition) is 3. The average Bonchev–Trinajstić information content (AvgIpc) is 2.63. The van der Waals surface area contributed by atoms with Gasteiger partial charge in [-0.25, -0.2) is 0 Å². The number of aromatic hydroxyl groups is 1. The fraction of sp³-hybridized carbons (Fsp3) is 0.308. The van der Waals surface area contributed by atoms with Crippen LogP contribution >= 0.6 is 0 Å². The highest BCUT2D eigenvalue weighted by molar-refractivity contribution is 5.80. The van der Waals surface area contributed by atoms with E-state index in [4.69, 9.17) is 5.11 Å². The van der Waals surface area contributed by atoms with Gasteiger partial charge in [-0.1, -0.05) is 0 Å². The zero-order valence-corrected chi connectivity index (χ0v) is 10.2. The lowest BCUT2D eigenvalue weighted by atomic mass is 10.2. The van der Waals surface area contributed by atoms with E-state index < -0.39 is 0 Å². The van der Waals surface area contributed by atoms with Crippen LogP contribution in [-0.2, 0) is 9.53 Å². The molecule has 2 rings (SSSR count). The monoisotopic (exact) mass is 235 g/mol. The van der Waals surface area contributed by atoms with Crippen LogP contribution in [0.2, 0.25) is 0 Å². The predicted octanol–water partition coefficient (Wildman–Crippen LogP) is 2.83. The Bertz CT molecular complexity index is 483. The Hall–Kier alpha value is -1.97. The molecular weight excluding hydrogens is 218 g/mol. The van der Waals surface area contributed by atoms with Crippen molar-refractivity contribution in [2.75, 3.05) is 0 Å². The van der Waals surface area contributed by atoms with E-state index >= 15 is 0 Å². The zero-order chi connectivity index (χ0) is 12.9. The van der Waals surface area contributed by atoms with Gasteiger partial charge in [0, 0.05) is 17.8 Å². The minimum absolute atomic E-state index is 0.301. The zero-order valence-electron chi connectivity index (χ0n) is 10.2. The van der Waals surface area contributed by atoms with E-state index in [0.29, 0.717) is 12.2 Å². The molecule has 1 aromatic carbocycles. The number of H-pyrrole nitrogens is 1. The van der Waals surface area contributed by atoms with E-state index in [1.807, 2.05) is 39.1 Å². The van der Waals surface area contributed by atoms with Crippen molar-refractivity contribution in [1.29, 1.82) is 0 Å². The van der Waals surface area contributed by atoms with Gasteiger partial charge >= 0.3 is 0 Å². The van der Waals surface area contributed by atoms with Gasteiger partial charge in [0.2, 0.25) is 0 Å². The molecule has 0 saturated heterocycles. The van der Waals surface area contributed by atoms with E-state index in [-0.39, 0.29) is 5.60 Å². The first kappa shape index (κ1) is 13.1. The number of aromatic amines is 1. The van der Waals surface area contributed by atoms with Gasteiger partial charge in [0.15, 0.2) is 0 Å². The van der Waals surface area contributed by atoms with Crippen LogP contribution in [0.25, 0.3) is 10.9 Å². The molecule has 92 valence electrons. The summed E-state index contributed by atoms with van der Waals surface area (Å²) in [6.07, 6.45) is 1.85. The minimum Gasteiger partial charge on any atom is -0.508 e. The number of rotatable bonds is 1. The van der Waals surface area contributed by atoms with Crippen molar-refractivity contribution >= 4 is 17.4 Å². The molecule has 1 heterocycles. The second-order valence-electron chi connectivity index (χ2n) is 4.58. The fourth-order valence-corrected chi connectivity index (χ4v) is 1.18. The molecule has 4 heteroatoms. The van der Waals surface area contributed by atoms with Crippen molar-refractivity contribution in [3.8, 4) is 5.75 Å². The average molecular weight is 235 g/mol. The largest absolute Gasteiger partial charge is 0.508 e. The Morgan fingerprint density at radius 1 is 1.29 bits per heavy atom. The van der Waals surface area contributed by atoms with Crippen molar-refractivity contribution in [2.24, 2.45) is 0 Å². The van der Waals surface area contributed by atoms with Gasteiger partial charge in [-0.2, -0.15) is 0 Å². The van der Waals surface area contributed by atoms with Crippen LogP contribution in [0.3, 0.4) is 0 Å². The smallest absolute Gasteiger partial charge is 0.293 e. The highest BCUT2D eigenvalue weighted by Gasteiger charge is 2.07. The molecule has 0 aliphatic carbocycles. The Balaban J connectivity index is 0.000000185. The van der Waals surface area contributed by atoms with Crippen LogP contribution in [0.1, 0.15) is 20.8 Å². The molecule has 0 aliphatic rings. The number of benzene rings is 1. The highest BCUT2D eigenvalue weighted by Crippen LogP contribution is 2.17. The molecule has 0 saturated carbocycles. The number of aromatic nitrogens is 1. The third kappa shape index (κ3) is 4.59. The number of carbonyl (C=O) groups excluding carboxylic acids is 1. The first-order valence-electron chi connectivity index (χ1n) is 5.30. The number of ether oxygens (including phenoxy) is 1. The maximum Gasteiger partial charge on any atom is 0.293 e. The maximum absolute atomic E-state index is 9.60. The van der Waals surface area contributed by atoms with Gasteiger partial charge in [-0.3, -0.25) is 4.79 Å². The van der Waals surface area contributed by atoms with E-state index in [0.717, 1.165) is 10.9 Å². The van der Waals surface area contributed by atoms with Crippen molar-refractivity contribution in [1.82, 2.24) is 4.98 Å². The van der Waals surface area contributed by atoms with Crippen molar-refractivity contribution in [3.63, 3.8) is 0 Å². The fourth-order valence-electron chi connectivity index (χ4n) is 1.18. The second kappa shape index (κ2) is 5.39. The number of carbonyl (C=O) groups is 1. The summed E-state index contributed by atoms with van der Waals surface area (Å²) in [5.41, 5.74) is 0.655. The van der Waals surface area contributed by atoms with Gasteiger partial charge in [-0.05, 0) is 44.4 Å². The molecule has 0 radical (unpaired) electrons. The highest BCUT2D eigenvalue weighted by atomic mass is 16.5. The van der Waals surface area contributed by atoms with Crippen LogP contribution in [0.15, 0.2) is 30.5 Å². The third-order valence-corrected chi connectivity index (χ3v) is 1.94. The Kier molecular flexibility index (Phi) is 4.15. The van der Waals surface area contributed by atoms with Crippen molar-refractivity contribution < 1.29 is 14.6 Å². The Morgan fingerprint density at radius 3 is 2.53 bits per heavy atom. The minimum atomic E-state index is -0.318. The van der Waals surface area contributed by atoms with Gasteiger partial charge in [0.1, 0.15) is 11.4 Å². The quantitative estimate of drug-likeness (QED) is 0.747. The number of hydrogen-bond donors (Lipinski definition) is 2. The molecule has 0 unspecified atom stereocenters. The molecule has 0 amide bonds. The topological polar surface area (TPSA) is 62.3 Å². The van der Waals surface area contributed by atoms with E-state index in [9.17, 15) is 4.79 Å². The first-order chi connectivity index (χ1) is 7.92. The van der Waals surface area contributed by atoms with Gasteiger partial charge in [-0.15, -0.1) is 0 Å². The molecule has 4 nitrogen and oxygen atoms in total. The van der Waals surface area contributed by atoms with Crippen molar-refractivity contribution in [2.45, 2.75) is 26.4 Å². The number of phenols is 1. The Morgan fingerprint density at radius 2 is 2.00 bits per heavy atom. The predicted molar refractivity (Wildman–Crippen MR) is 66.9 cm³/mol. The van der Waals surface area contributed by atoms with Gasteiger partial charge < -0.3 is 14.8 Å². The normalized spacial score (nSPS) is 10.5. The van der Waals surface area contributed by atoms with Crippen LogP contribution < -0.4 is 0 Å². The first-order valence-corrected chi connectivity index (χ1v) is 5.30. The summed E-state index contributed by atoms with van der Waals surface area (Å²) < 4.78 is 4.55. The summed E-state index contributed by atoms with van der Waals surface area (Å²) in [4.78, 5) is 12.6. The SMILES string of the molecule is CC(C)(C)OC=O.Oc1ccc2cc[nH]c2c1. The molecule has 2 aromatic rings. The summed E-state index contributed by atoms with van der Waals surface area (Å²) in [7, 11) is 0. The molecule has 0 spiro atoms. The lowest BCUT2D eigenvalue weighted by Crippen LogP contribution is -2.17. The lowest BCUT2D eigenvalue weighted by molar-refractivity contribution is -0.138. The number of fused-ring (bicyclic) bond motifs is 1. The summed E-state index contributed by atoms with van der Waals surface area (Å²) in [5.74, 6) is 0.301. The van der Waals surface area contributed by atoms with Gasteiger partial charge in [0.25, 0.3) is 6.47 Å². The lowest BCUT2D eigenvalue weighted by Gasteiger charge is -2.14. The summed E-state index contributed by atoms with van der Waals surface area (Å²) in [6.45, 7) is 5.92. The van der Waals surface area contributed by atoms with Crippen LogP contribution in [0, 0.1) is 0 Å². The van der Waals surface area contributed by atoms with E-state index in [1.165, 1.54) is 0 Å². The van der Waals surface area contributed by atoms with E-state index in [2.05, 4.69) is 9.72 Å². The standard InChI is InChI=1S/C8H7NO.C5H10O2/c10-7-2-1-6-3-4-9-8(6)5-7;1-5(2,3)7-4-6/h1-5,9-10H;4H,1-3H3. The summed E-state index contributed by atoms with van der Waals surface area (Å²) >= 11 is 0. The molecule has 0 atom stereocenters.